The van der Waals surface area contributed by atoms with Crippen LogP contribution in [0.5, 0.6) is 0 Å². The molecule has 0 aromatic carbocycles. The zero-order valence-electron chi connectivity index (χ0n) is 10.4. The van der Waals surface area contributed by atoms with Crippen LogP contribution in [-0.4, -0.2) is 0 Å². The van der Waals surface area contributed by atoms with Gasteiger partial charge in [-0.3, -0.25) is 0 Å². The van der Waals surface area contributed by atoms with Gasteiger partial charge in [0.15, 0.2) is 0 Å². The van der Waals surface area contributed by atoms with Crippen molar-refractivity contribution in [3.8, 4) is 0 Å². The van der Waals surface area contributed by atoms with E-state index in [9.17, 15) is 0 Å². The third-order valence-corrected chi connectivity index (χ3v) is 3.67. The molecule has 0 aliphatic carbocycles. The van der Waals surface area contributed by atoms with E-state index in [0.29, 0.717) is 5.41 Å². The summed E-state index contributed by atoms with van der Waals surface area (Å²) in [6, 6.07) is 0. The number of allylic oxidation sites excluding steroid dienone is 2. The Morgan fingerprint density at radius 2 is 1.69 bits per heavy atom. The predicted octanol–water partition coefficient (Wildman–Crippen LogP) is 4.66. The summed E-state index contributed by atoms with van der Waals surface area (Å²) >= 11 is 0. The van der Waals surface area contributed by atoms with Gasteiger partial charge in [-0.15, -0.1) is 0 Å². The summed E-state index contributed by atoms with van der Waals surface area (Å²) in [5.41, 5.74) is 1.89. The van der Waals surface area contributed by atoms with Gasteiger partial charge in [0.2, 0.25) is 0 Å². The second-order valence-corrected chi connectivity index (χ2v) is 5.05. The second kappa shape index (κ2) is 4.83. The van der Waals surface area contributed by atoms with Gasteiger partial charge in [0.25, 0.3) is 0 Å². The van der Waals surface area contributed by atoms with Crippen LogP contribution in [0.15, 0.2) is 11.6 Å². The molecule has 0 aromatic rings. The third-order valence-electron chi connectivity index (χ3n) is 3.67. The van der Waals surface area contributed by atoms with Crippen LogP contribution >= 0.6 is 0 Å². The van der Waals surface area contributed by atoms with Gasteiger partial charge in [0.05, 0.1) is 0 Å². The molecule has 0 aromatic heterocycles. The lowest BCUT2D eigenvalue weighted by atomic mass is 9.69. The Morgan fingerprint density at radius 3 is 2.00 bits per heavy atom. The average molecular weight is 182 g/mol. The molecule has 1 atom stereocenters. The van der Waals surface area contributed by atoms with Crippen molar-refractivity contribution in [2.24, 2.45) is 17.3 Å². The van der Waals surface area contributed by atoms with Gasteiger partial charge in [0, 0.05) is 0 Å². The predicted molar refractivity (Wildman–Crippen MR) is 61.8 cm³/mol. The summed E-state index contributed by atoms with van der Waals surface area (Å²) in [5, 5.41) is 0. The normalized spacial score (nSPS) is 16.5. The number of hydrogen-bond donors (Lipinski definition) is 0. The van der Waals surface area contributed by atoms with Crippen LogP contribution in [0.25, 0.3) is 0 Å². The van der Waals surface area contributed by atoms with Crippen molar-refractivity contribution in [1.82, 2.24) is 0 Å². The average Bonchev–Trinajstić information content (AvgIpc) is 2.03. The SMILES string of the molecule is CCC=C(C)C(C)(C)C(C)C(C)C. The Balaban J connectivity index is 4.64. The van der Waals surface area contributed by atoms with Crippen LogP contribution < -0.4 is 0 Å². The molecule has 0 aliphatic rings. The minimum Gasteiger partial charge on any atom is -0.0853 e. The standard InChI is InChI=1S/C13H26/c1-8-9-11(4)13(6,7)12(5)10(2)3/h9-10,12H,8H2,1-7H3. The first-order valence-electron chi connectivity index (χ1n) is 5.51. The molecule has 0 saturated carbocycles. The Bertz CT molecular complexity index is 172. The van der Waals surface area contributed by atoms with Crippen LogP contribution in [0.3, 0.4) is 0 Å². The molecule has 0 radical (unpaired) electrons. The minimum atomic E-state index is 0.351. The maximum Gasteiger partial charge on any atom is -0.0119 e. The zero-order valence-corrected chi connectivity index (χ0v) is 10.4. The van der Waals surface area contributed by atoms with E-state index in [1.165, 1.54) is 5.57 Å². The molecule has 0 heterocycles. The van der Waals surface area contributed by atoms with Gasteiger partial charge in [-0.2, -0.15) is 0 Å². The van der Waals surface area contributed by atoms with E-state index in [0.717, 1.165) is 18.3 Å². The van der Waals surface area contributed by atoms with Gasteiger partial charge in [0.1, 0.15) is 0 Å². The van der Waals surface area contributed by atoms with Gasteiger partial charge in [-0.05, 0) is 30.6 Å². The highest BCUT2D eigenvalue weighted by Gasteiger charge is 2.29. The molecule has 0 rings (SSSR count). The molecule has 0 aliphatic heterocycles. The Kier molecular flexibility index (Phi) is 4.74. The molecule has 13 heavy (non-hydrogen) atoms. The molecule has 0 spiro atoms. The van der Waals surface area contributed by atoms with Crippen molar-refractivity contribution in [2.75, 3.05) is 0 Å². The van der Waals surface area contributed by atoms with Crippen LogP contribution in [0.1, 0.15) is 54.9 Å². The van der Waals surface area contributed by atoms with Crippen molar-refractivity contribution < 1.29 is 0 Å². The van der Waals surface area contributed by atoms with Gasteiger partial charge < -0.3 is 0 Å². The van der Waals surface area contributed by atoms with E-state index in [2.05, 4.69) is 54.5 Å². The molecular weight excluding hydrogens is 156 g/mol. The van der Waals surface area contributed by atoms with Gasteiger partial charge >= 0.3 is 0 Å². The fraction of sp³-hybridized carbons (Fsp3) is 0.846. The Labute approximate surface area is 84.4 Å². The second-order valence-electron chi connectivity index (χ2n) is 5.05. The van der Waals surface area contributed by atoms with E-state index >= 15 is 0 Å². The fourth-order valence-corrected chi connectivity index (χ4v) is 1.76. The van der Waals surface area contributed by atoms with Gasteiger partial charge in [-0.1, -0.05) is 53.2 Å². The maximum absolute atomic E-state index is 2.36. The van der Waals surface area contributed by atoms with Crippen molar-refractivity contribution in [2.45, 2.75) is 54.9 Å². The van der Waals surface area contributed by atoms with E-state index in [4.69, 9.17) is 0 Å². The summed E-state index contributed by atoms with van der Waals surface area (Å²) in [6.07, 6.45) is 3.51. The molecule has 0 amide bonds. The topological polar surface area (TPSA) is 0 Å². The highest BCUT2D eigenvalue weighted by Crippen LogP contribution is 2.38. The monoisotopic (exact) mass is 182 g/mol. The molecule has 0 heteroatoms. The molecular formula is C13H26. The van der Waals surface area contributed by atoms with E-state index in [1.54, 1.807) is 0 Å². The lowest BCUT2D eigenvalue weighted by Crippen LogP contribution is -2.27. The first-order valence-corrected chi connectivity index (χ1v) is 5.51. The van der Waals surface area contributed by atoms with E-state index in [1.807, 2.05) is 0 Å². The largest absolute Gasteiger partial charge is 0.0853 e. The van der Waals surface area contributed by atoms with Gasteiger partial charge in [-0.25, -0.2) is 0 Å². The minimum absolute atomic E-state index is 0.351. The summed E-state index contributed by atoms with van der Waals surface area (Å²) in [4.78, 5) is 0. The molecule has 0 N–H and O–H groups in total. The van der Waals surface area contributed by atoms with Crippen LogP contribution in [0.4, 0.5) is 0 Å². The van der Waals surface area contributed by atoms with Crippen LogP contribution in [0.2, 0.25) is 0 Å². The number of hydrogen-bond acceptors (Lipinski definition) is 0. The highest BCUT2D eigenvalue weighted by atomic mass is 14.3. The van der Waals surface area contributed by atoms with Crippen molar-refractivity contribution in [3.05, 3.63) is 11.6 Å². The smallest absolute Gasteiger partial charge is 0.0119 e. The lowest BCUT2D eigenvalue weighted by Gasteiger charge is -2.36. The summed E-state index contributed by atoms with van der Waals surface area (Å²) in [7, 11) is 0. The molecule has 0 fully saturated rings. The molecule has 0 bridgehead atoms. The zero-order chi connectivity index (χ0) is 10.6. The van der Waals surface area contributed by atoms with Crippen molar-refractivity contribution in [3.63, 3.8) is 0 Å². The maximum atomic E-state index is 2.36. The first-order chi connectivity index (χ1) is 5.84. The first kappa shape index (κ1) is 12.7. The fourth-order valence-electron chi connectivity index (χ4n) is 1.76. The van der Waals surface area contributed by atoms with Crippen LogP contribution in [-0.2, 0) is 0 Å². The van der Waals surface area contributed by atoms with Crippen LogP contribution in [0, 0.1) is 17.3 Å². The third kappa shape index (κ3) is 3.17. The molecule has 0 nitrogen and oxygen atoms in total. The summed E-state index contributed by atoms with van der Waals surface area (Å²) in [5.74, 6) is 1.51. The quantitative estimate of drug-likeness (QED) is 0.555. The summed E-state index contributed by atoms with van der Waals surface area (Å²) in [6.45, 7) is 16.2. The van der Waals surface area contributed by atoms with E-state index in [-0.39, 0.29) is 0 Å². The highest BCUT2D eigenvalue weighted by molar-refractivity contribution is 5.10. The molecule has 78 valence electrons. The number of rotatable bonds is 4. The molecule has 1 unspecified atom stereocenters. The summed E-state index contributed by atoms with van der Waals surface area (Å²) < 4.78 is 0. The van der Waals surface area contributed by atoms with Crippen molar-refractivity contribution in [1.29, 1.82) is 0 Å². The Morgan fingerprint density at radius 1 is 1.23 bits per heavy atom. The lowest BCUT2D eigenvalue weighted by molar-refractivity contribution is 0.218. The van der Waals surface area contributed by atoms with E-state index < -0.39 is 0 Å². The van der Waals surface area contributed by atoms with Crippen molar-refractivity contribution >= 4 is 0 Å². The Hall–Kier alpha value is -0.260. The molecule has 0 saturated heterocycles.